The number of nitrogens with one attached hydrogen (secondary N) is 1. The van der Waals surface area contributed by atoms with Crippen LogP contribution in [0.4, 0.5) is 0 Å². The smallest absolute Gasteiger partial charge is 0.147 e. The molecule has 1 aliphatic heterocycles. The molecule has 1 N–H and O–H groups in total. The zero-order valence-corrected chi connectivity index (χ0v) is 11.8. The molecule has 0 fully saturated rings. The van der Waals surface area contributed by atoms with Crippen LogP contribution in [0.25, 0.3) is 0 Å². The molecule has 3 rings (SSSR count). The Morgan fingerprint density at radius 1 is 1.32 bits per heavy atom. The number of fused-ring (bicyclic) bond motifs is 1. The third-order valence-corrected chi connectivity index (χ3v) is 4.39. The molecule has 1 aliphatic rings. The van der Waals surface area contributed by atoms with Gasteiger partial charge in [-0.3, -0.25) is 4.90 Å². The van der Waals surface area contributed by atoms with E-state index < -0.39 is 0 Å². The van der Waals surface area contributed by atoms with Crippen molar-refractivity contribution < 1.29 is 0 Å². The lowest BCUT2D eigenvalue weighted by Crippen LogP contribution is -2.38. The van der Waals surface area contributed by atoms with Crippen LogP contribution in [-0.2, 0) is 19.5 Å². The molecule has 0 spiro atoms. The van der Waals surface area contributed by atoms with Crippen molar-refractivity contribution in [3.63, 3.8) is 0 Å². The van der Waals surface area contributed by atoms with Crippen molar-refractivity contribution in [1.29, 1.82) is 0 Å². The van der Waals surface area contributed by atoms with Gasteiger partial charge in [-0.25, -0.2) is 0 Å². The Morgan fingerprint density at radius 2 is 2.32 bits per heavy atom. The number of thiophene rings is 1. The van der Waals surface area contributed by atoms with Crippen LogP contribution < -0.4 is 5.32 Å². The zero-order valence-electron chi connectivity index (χ0n) is 11.0. The number of nitrogens with zero attached hydrogens (tertiary/aromatic N) is 4. The first-order valence-electron chi connectivity index (χ1n) is 6.74. The summed E-state index contributed by atoms with van der Waals surface area (Å²) in [5, 5.41) is 13.7. The maximum absolute atomic E-state index is 4.14. The topological polar surface area (TPSA) is 46.0 Å². The Morgan fingerprint density at radius 3 is 3.21 bits per heavy atom. The predicted octanol–water partition coefficient (Wildman–Crippen LogP) is 0.987. The van der Waals surface area contributed by atoms with Gasteiger partial charge in [-0.2, -0.15) is 0 Å². The standard InChI is InChI=1S/C13H19N5S/c1-2-12(19-9-1)3-4-14-5-6-17-7-8-18-11-15-16-13(18)10-17/h1-2,9,11,14H,3-8,10H2. The first-order chi connectivity index (χ1) is 9.42. The van der Waals surface area contributed by atoms with E-state index in [9.17, 15) is 0 Å². The summed E-state index contributed by atoms with van der Waals surface area (Å²) in [6.45, 7) is 6.21. The molecule has 0 radical (unpaired) electrons. The van der Waals surface area contributed by atoms with Gasteiger partial charge in [-0.1, -0.05) is 6.07 Å². The molecule has 0 aromatic carbocycles. The Balaban J connectivity index is 1.33. The fraction of sp³-hybridized carbons (Fsp3) is 0.538. The molecular formula is C13H19N5S. The van der Waals surface area contributed by atoms with Crippen molar-refractivity contribution in [2.75, 3.05) is 26.2 Å². The highest BCUT2D eigenvalue weighted by Crippen LogP contribution is 2.09. The fourth-order valence-corrected chi connectivity index (χ4v) is 3.04. The number of aromatic nitrogens is 3. The monoisotopic (exact) mass is 277 g/mol. The number of rotatable bonds is 6. The molecule has 0 bridgehead atoms. The molecule has 3 heterocycles. The van der Waals surface area contributed by atoms with Crippen molar-refractivity contribution in [1.82, 2.24) is 25.0 Å². The Kier molecular flexibility index (Phi) is 4.22. The third kappa shape index (κ3) is 3.40. The van der Waals surface area contributed by atoms with Gasteiger partial charge >= 0.3 is 0 Å². The maximum Gasteiger partial charge on any atom is 0.147 e. The molecule has 0 atom stereocenters. The van der Waals surface area contributed by atoms with Gasteiger partial charge in [-0.15, -0.1) is 21.5 Å². The van der Waals surface area contributed by atoms with Gasteiger partial charge in [0.15, 0.2) is 0 Å². The number of hydrogen-bond acceptors (Lipinski definition) is 5. The molecule has 6 heteroatoms. The van der Waals surface area contributed by atoms with Crippen molar-refractivity contribution in [3.8, 4) is 0 Å². The fourth-order valence-electron chi connectivity index (χ4n) is 2.34. The van der Waals surface area contributed by atoms with Crippen LogP contribution >= 0.6 is 11.3 Å². The highest BCUT2D eigenvalue weighted by molar-refractivity contribution is 7.09. The van der Waals surface area contributed by atoms with E-state index in [4.69, 9.17) is 0 Å². The molecule has 102 valence electrons. The second-order valence-corrected chi connectivity index (χ2v) is 5.83. The average Bonchev–Trinajstić information content (AvgIpc) is 3.08. The Bertz CT molecular complexity index is 493. The van der Waals surface area contributed by atoms with Crippen LogP contribution in [-0.4, -0.2) is 45.8 Å². The van der Waals surface area contributed by atoms with Crippen LogP contribution in [0.5, 0.6) is 0 Å². The van der Waals surface area contributed by atoms with E-state index in [1.54, 1.807) is 0 Å². The van der Waals surface area contributed by atoms with E-state index in [1.165, 1.54) is 4.88 Å². The van der Waals surface area contributed by atoms with Crippen molar-refractivity contribution in [2.24, 2.45) is 0 Å². The predicted molar refractivity (Wildman–Crippen MR) is 76.2 cm³/mol. The van der Waals surface area contributed by atoms with E-state index in [0.29, 0.717) is 0 Å². The third-order valence-electron chi connectivity index (χ3n) is 3.45. The van der Waals surface area contributed by atoms with Crippen molar-refractivity contribution in [2.45, 2.75) is 19.5 Å². The van der Waals surface area contributed by atoms with Gasteiger partial charge in [0.05, 0.1) is 6.54 Å². The molecule has 0 saturated carbocycles. The van der Waals surface area contributed by atoms with E-state index in [2.05, 4.69) is 42.5 Å². The molecule has 2 aromatic rings. The largest absolute Gasteiger partial charge is 0.315 e. The zero-order chi connectivity index (χ0) is 12.9. The molecule has 0 aliphatic carbocycles. The van der Waals surface area contributed by atoms with E-state index in [-0.39, 0.29) is 0 Å². The molecular weight excluding hydrogens is 258 g/mol. The first kappa shape index (κ1) is 12.8. The van der Waals surface area contributed by atoms with Crippen LogP contribution in [0.2, 0.25) is 0 Å². The Labute approximate surface area is 117 Å². The van der Waals surface area contributed by atoms with Crippen molar-refractivity contribution in [3.05, 3.63) is 34.5 Å². The molecule has 0 saturated heterocycles. The minimum Gasteiger partial charge on any atom is -0.315 e. The van der Waals surface area contributed by atoms with Gasteiger partial charge in [0.25, 0.3) is 0 Å². The number of hydrogen-bond donors (Lipinski definition) is 1. The SMILES string of the molecule is c1csc(CCNCCN2CCn3cnnc3C2)c1. The normalized spacial score (nSPS) is 15.6. The van der Waals surface area contributed by atoms with E-state index >= 15 is 0 Å². The summed E-state index contributed by atoms with van der Waals surface area (Å²) in [6.07, 6.45) is 2.96. The summed E-state index contributed by atoms with van der Waals surface area (Å²) in [5.74, 6) is 1.09. The summed E-state index contributed by atoms with van der Waals surface area (Å²) >= 11 is 1.83. The highest BCUT2D eigenvalue weighted by Gasteiger charge is 2.16. The molecule has 2 aromatic heterocycles. The molecule has 0 unspecified atom stereocenters. The highest BCUT2D eigenvalue weighted by atomic mass is 32.1. The molecule has 0 amide bonds. The lowest BCUT2D eigenvalue weighted by atomic mass is 10.3. The van der Waals surface area contributed by atoms with Gasteiger partial charge in [0, 0.05) is 37.6 Å². The van der Waals surface area contributed by atoms with E-state index in [1.807, 2.05) is 17.7 Å². The van der Waals surface area contributed by atoms with E-state index in [0.717, 1.165) is 51.5 Å². The average molecular weight is 277 g/mol. The van der Waals surface area contributed by atoms with Gasteiger partial charge in [0.1, 0.15) is 12.2 Å². The second kappa shape index (κ2) is 6.27. The summed E-state index contributed by atoms with van der Waals surface area (Å²) in [4.78, 5) is 3.89. The van der Waals surface area contributed by atoms with Crippen LogP contribution in [0.1, 0.15) is 10.7 Å². The lowest BCUT2D eigenvalue weighted by molar-refractivity contribution is 0.217. The van der Waals surface area contributed by atoms with Gasteiger partial charge in [0.2, 0.25) is 0 Å². The minimum atomic E-state index is 0.923. The van der Waals surface area contributed by atoms with Crippen LogP contribution in [0.3, 0.4) is 0 Å². The first-order valence-corrected chi connectivity index (χ1v) is 7.62. The lowest BCUT2D eigenvalue weighted by Gasteiger charge is -2.26. The maximum atomic E-state index is 4.14. The van der Waals surface area contributed by atoms with Gasteiger partial charge < -0.3 is 9.88 Å². The summed E-state index contributed by atoms with van der Waals surface area (Å²) in [7, 11) is 0. The Hall–Kier alpha value is -1.24. The molecule has 19 heavy (non-hydrogen) atoms. The summed E-state index contributed by atoms with van der Waals surface area (Å²) in [5.41, 5.74) is 0. The molecule has 5 nitrogen and oxygen atoms in total. The minimum absolute atomic E-state index is 0.923. The van der Waals surface area contributed by atoms with Gasteiger partial charge in [-0.05, 0) is 17.9 Å². The quantitative estimate of drug-likeness (QED) is 0.800. The van der Waals surface area contributed by atoms with Crippen LogP contribution in [0, 0.1) is 0 Å². The van der Waals surface area contributed by atoms with Crippen molar-refractivity contribution >= 4 is 11.3 Å². The van der Waals surface area contributed by atoms with Crippen LogP contribution in [0.15, 0.2) is 23.8 Å². The summed E-state index contributed by atoms with van der Waals surface area (Å²) in [6, 6.07) is 4.31. The second-order valence-electron chi connectivity index (χ2n) is 4.80. The summed E-state index contributed by atoms with van der Waals surface area (Å²) < 4.78 is 2.14.